The largest absolute Gasteiger partial charge is 0.483 e. The lowest BCUT2D eigenvalue weighted by Gasteiger charge is -2.43. The lowest BCUT2D eigenvalue weighted by Crippen LogP contribution is -2.42. The van der Waals surface area contributed by atoms with Crippen molar-refractivity contribution in [3.8, 4) is 23.8 Å². The molecule has 3 heterocycles. The summed E-state index contributed by atoms with van der Waals surface area (Å²) in [5.74, 6) is 3.35. The number of benzene rings is 2. The summed E-state index contributed by atoms with van der Waals surface area (Å²) < 4.78 is 27.2. The molecule has 0 amide bonds. The van der Waals surface area contributed by atoms with Crippen LogP contribution in [-0.4, -0.2) is 60.6 Å². The second-order valence-corrected chi connectivity index (χ2v) is 13.7. The summed E-state index contributed by atoms with van der Waals surface area (Å²) in [7, 11) is 0. The molecule has 6 heteroatoms. The zero-order chi connectivity index (χ0) is 31.5. The molecule has 0 aliphatic carbocycles. The van der Waals surface area contributed by atoms with Crippen LogP contribution in [0.25, 0.3) is 5.57 Å². The van der Waals surface area contributed by atoms with Gasteiger partial charge in [-0.2, -0.15) is 0 Å². The highest BCUT2D eigenvalue weighted by Gasteiger charge is 2.41. The molecule has 1 saturated heterocycles. The Balaban J connectivity index is 1.57. The van der Waals surface area contributed by atoms with Gasteiger partial charge in [0.05, 0.1) is 18.0 Å². The Morgan fingerprint density at radius 3 is 2.52 bits per heavy atom. The molecule has 44 heavy (non-hydrogen) atoms. The highest BCUT2D eigenvalue weighted by atomic mass is 19.1. The molecular weight excluding hydrogens is 551 g/mol. The van der Waals surface area contributed by atoms with Gasteiger partial charge in [0, 0.05) is 18.5 Å². The number of halogens is 1. The van der Waals surface area contributed by atoms with Crippen LogP contribution in [0.2, 0.25) is 0 Å². The molecule has 0 N–H and O–H groups in total. The molecule has 0 aromatic heterocycles. The van der Waals surface area contributed by atoms with Crippen molar-refractivity contribution >= 4 is 11.5 Å². The van der Waals surface area contributed by atoms with Crippen LogP contribution in [0.4, 0.5) is 4.39 Å². The van der Waals surface area contributed by atoms with Gasteiger partial charge in [-0.05, 0) is 112 Å². The zero-order valence-corrected chi connectivity index (χ0v) is 27.3. The number of carbonyl (C=O) groups excluding carboxylic acids is 1. The minimum atomic E-state index is -0.511. The molecular formula is C38H49FN2O3. The van der Waals surface area contributed by atoms with Crippen molar-refractivity contribution in [3.05, 3.63) is 64.5 Å². The second kappa shape index (κ2) is 13.5. The molecule has 2 unspecified atom stereocenters. The summed E-state index contributed by atoms with van der Waals surface area (Å²) in [5, 5.41) is 0. The van der Waals surface area contributed by atoms with Gasteiger partial charge in [0.2, 0.25) is 0 Å². The van der Waals surface area contributed by atoms with Crippen molar-refractivity contribution in [3.63, 3.8) is 0 Å². The van der Waals surface area contributed by atoms with Crippen LogP contribution in [0.15, 0.2) is 42.0 Å². The summed E-state index contributed by atoms with van der Waals surface area (Å²) in [4.78, 5) is 18.5. The van der Waals surface area contributed by atoms with E-state index in [0.717, 1.165) is 79.9 Å². The fraction of sp³-hybridized carbons (Fsp3) is 0.553. The lowest BCUT2D eigenvalue weighted by molar-refractivity contribution is -0.138. The molecule has 2 aromatic rings. The number of carbonyl (C=O) groups is 1. The molecule has 2 atom stereocenters. The van der Waals surface area contributed by atoms with E-state index < -0.39 is 11.0 Å². The Hall–Kier alpha value is -3.14. The molecule has 2 aromatic carbocycles. The third kappa shape index (κ3) is 6.75. The summed E-state index contributed by atoms with van der Waals surface area (Å²) in [6.45, 7) is 15.8. The van der Waals surface area contributed by atoms with Crippen molar-refractivity contribution in [2.24, 2.45) is 5.92 Å². The molecule has 0 radical (unpaired) electrons. The van der Waals surface area contributed by atoms with Gasteiger partial charge < -0.3 is 14.4 Å². The lowest BCUT2D eigenvalue weighted by atomic mass is 9.72. The van der Waals surface area contributed by atoms with Crippen LogP contribution in [0.3, 0.4) is 0 Å². The van der Waals surface area contributed by atoms with Gasteiger partial charge in [-0.25, -0.2) is 4.39 Å². The number of ether oxygens (including phenoxy) is 2. The molecule has 1 fully saturated rings. The van der Waals surface area contributed by atoms with E-state index in [1.807, 2.05) is 25.1 Å². The molecule has 3 aliphatic heterocycles. The molecule has 0 bridgehead atoms. The van der Waals surface area contributed by atoms with E-state index in [1.165, 1.54) is 37.0 Å². The average Bonchev–Trinajstić information content (AvgIpc) is 3.00. The maximum absolute atomic E-state index is 14.0. The molecule has 0 spiro atoms. The zero-order valence-electron chi connectivity index (χ0n) is 27.3. The number of fused-ring (bicyclic) bond motifs is 2. The van der Waals surface area contributed by atoms with Gasteiger partial charge in [0.25, 0.3) is 0 Å². The van der Waals surface area contributed by atoms with Crippen molar-refractivity contribution in [1.29, 1.82) is 0 Å². The Labute approximate surface area is 263 Å². The number of terminal acetylenes is 1. The van der Waals surface area contributed by atoms with E-state index in [9.17, 15) is 9.18 Å². The smallest absolute Gasteiger partial charge is 0.314 e. The third-order valence-corrected chi connectivity index (χ3v) is 10.0. The SMILES string of the molecule is C#CCN1CCC2=C(C1)c1c(OC(=O)C(C)CCN3CCCCC3)cc(C(C)(CCC)c3ccc(F)cc3)cc1OC2(C)C. The first-order valence-electron chi connectivity index (χ1n) is 16.5. The highest BCUT2D eigenvalue weighted by Crippen LogP contribution is 2.51. The third-order valence-electron chi connectivity index (χ3n) is 10.0. The van der Waals surface area contributed by atoms with Crippen LogP contribution in [0.5, 0.6) is 11.5 Å². The van der Waals surface area contributed by atoms with E-state index in [1.54, 1.807) is 0 Å². The van der Waals surface area contributed by atoms with Crippen molar-refractivity contribution in [2.75, 3.05) is 39.3 Å². The van der Waals surface area contributed by atoms with Gasteiger partial charge in [-0.3, -0.25) is 9.69 Å². The van der Waals surface area contributed by atoms with E-state index in [0.29, 0.717) is 18.8 Å². The van der Waals surface area contributed by atoms with Gasteiger partial charge >= 0.3 is 5.97 Å². The summed E-state index contributed by atoms with van der Waals surface area (Å²) in [6, 6.07) is 10.9. The van der Waals surface area contributed by atoms with E-state index >= 15 is 0 Å². The van der Waals surface area contributed by atoms with E-state index in [4.69, 9.17) is 15.9 Å². The van der Waals surface area contributed by atoms with Crippen LogP contribution >= 0.6 is 0 Å². The van der Waals surface area contributed by atoms with Gasteiger partial charge in [0.1, 0.15) is 22.9 Å². The number of nitrogens with zero attached hydrogens (tertiary/aromatic N) is 2. The summed E-state index contributed by atoms with van der Waals surface area (Å²) >= 11 is 0. The molecule has 5 rings (SSSR count). The first kappa shape index (κ1) is 32.3. The predicted molar refractivity (Wildman–Crippen MR) is 175 cm³/mol. The second-order valence-electron chi connectivity index (χ2n) is 13.7. The van der Waals surface area contributed by atoms with Crippen molar-refractivity contribution < 1.29 is 18.7 Å². The number of hydrogen-bond donors (Lipinski definition) is 0. The quantitative estimate of drug-likeness (QED) is 0.160. The Kier molecular flexibility index (Phi) is 9.87. The fourth-order valence-electron chi connectivity index (χ4n) is 7.34. The monoisotopic (exact) mass is 600 g/mol. The van der Waals surface area contributed by atoms with Crippen LogP contribution in [0, 0.1) is 24.1 Å². The minimum absolute atomic E-state index is 0.219. The first-order valence-corrected chi connectivity index (χ1v) is 16.5. The van der Waals surface area contributed by atoms with Gasteiger partial charge in [-0.1, -0.05) is 51.7 Å². The average molecular weight is 601 g/mol. The molecule has 3 aliphatic rings. The molecule has 5 nitrogen and oxygen atoms in total. The van der Waals surface area contributed by atoms with Gasteiger partial charge in [0.15, 0.2) is 0 Å². The van der Waals surface area contributed by atoms with Crippen molar-refractivity contribution in [2.45, 2.75) is 90.6 Å². The summed E-state index contributed by atoms with van der Waals surface area (Å²) in [5.41, 5.74) is 4.29. The van der Waals surface area contributed by atoms with Crippen LogP contribution in [0.1, 0.15) is 96.3 Å². The predicted octanol–water partition coefficient (Wildman–Crippen LogP) is 7.61. The first-order chi connectivity index (χ1) is 21.1. The van der Waals surface area contributed by atoms with Crippen LogP contribution in [-0.2, 0) is 10.2 Å². The summed E-state index contributed by atoms with van der Waals surface area (Å²) in [6.07, 6.45) is 12.8. The Bertz CT molecular complexity index is 1420. The highest BCUT2D eigenvalue weighted by molar-refractivity contribution is 5.85. The fourth-order valence-corrected chi connectivity index (χ4v) is 7.34. The van der Waals surface area contributed by atoms with Crippen LogP contribution < -0.4 is 9.47 Å². The normalized spacial score (nSPS) is 20.5. The standard InChI is InChI=1S/C38H49FN2O3/c1-7-18-38(6,28-12-14-30(39)15-13-28)29-24-33(43-36(42)27(3)16-22-40-20-10-9-11-21-40)35-31-26-41(19-8-2)23-17-32(31)37(4,5)44-34(35)25-29/h2,12-15,24-25,27H,7,9-11,16-23,26H2,1,3-6H3. The topological polar surface area (TPSA) is 42.0 Å². The molecule has 0 saturated carbocycles. The number of likely N-dealkylation sites (tertiary alicyclic amines) is 1. The minimum Gasteiger partial charge on any atom is -0.483 e. The Morgan fingerprint density at radius 1 is 1.11 bits per heavy atom. The van der Waals surface area contributed by atoms with Gasteiger partial charge in [-0.15, -0.1) is 6.42 Å². The number of esters is 1. The number of piperidine rings is 1. The van der Waals surface area contributed by atoms with E-state index in [2.05, 4.69) is 49.5 Å². The number of hydrogen-bond acceptors (Lipinski definition) is 5. The van der Waals surface area contributed by atoms with Crippen molar-refractivity contribution in [1.82, 2.24) is 9.80 Å². The number of rotatable bonds is 10. The Morgan fingerprint density at radius 2 is 1.84 bits per heavy atom. The maximum atomic E-state index is 14.0. The molecule has 236 valence electrons. The van der Waals surface area contributed by atoms with E-state index in [-0.39, 0.29) is 17.7 Å². The maximum Gasteiger partial charge on any atom is 0.314 e.